The van der Waals surface area contributed by atoms with Crippen molar-refractivity contribution in [1.82, 2.24) is 9.55 Å². The van der Waals surface area contributed by atoms with Gasteiger partial charge < -0.3 is 14.5 Å². The Balaban J connectivity index is 1.21. The number of hydrogen-bond donors (Lipinski definition) is 0. The second-order valence-corrected chi connectivity index (χ2v) is 27.7. The molecule has 9 rings (SSSR count). The van der Waals surface area contributed by atoms with Gasteiger partial charge >= 0.3 is 0 Å². The average Bonchev–Trinajstić information content (AvgIpc) is 3.92. The minimum atomic E-state index is -0.247. The molecule has 3 heterocycles. The Morgan fingerprint density at radius 2 is 0.840 bits per heavy atom. The zero-order valence-corrected chi connectivity index (χ0v) is 48.8. The van der Waals surface area contributed by atoms with Gasteiger partial charge in [-0.25, -0.2) is 4.98 Å². The fourth-order valence-corrected chi connectivity index (χ4v) is 11.2. The maximum absolute atomic E-state index is 7.22. The molecule has 2 aromatic heterocycles. The first-order valence-electron chi connectivity index (χ1n) is 27.3. The molecule has 6 aromatic carbocycles. The van der Waals surface area contributed by atoms with E-state index in [2.05, 4.69) is 292 Å². The molecular weight excluding hydrogens is 913 g/mol. The van der Waals surface area contributed by atoms with E-state index < -0.39 is 0 Å². The van der Waals surface area contributed by atoms with Crippen LogP contribution < -0.4 is 14.5 Å². The van der Waals surface area contributed by atoms with Crippen LogP contribution in [0.5, 0.6) is 11.5 Å². The summed E-state index contributed by atoms with van der Waals surface area (Å²) in [6, 6.07) is 53.9. The van der Waals surface area contributed by atoms with Gasteiger partial charge in [-0.2, -0.15) is 0 Å². The summed E-state index contributed by atoms with van der Waals surface area (Å²) in [6.45, 7) is 45.1. The van der Waals surface area contributed by atoms with Crippen LogP contribution in [0.25, 0.3) is 27.6 Å². The highest BCUT2D eigenvalue weighted by molar-refractivity contribution is 6.10. The summed E-state index contributed by atoms with van der Waals surface area (Å²) in [7, 11) is 0. The maximum Gasteiger partial charge on any atom is 0.137 e. The van der Waals surface area contributed by atoms with Crippen molar-refractivity contribution in [2.75, 3.05) is 16.5 Å². The van der Waals surface area contributed by atoms with E-state index >= 15 is 0 Å². The van der Waals surface area contributed by atoms with E-state index in [0.717, 1.165) is 39.4 Å². The number of allylic oxidation sites excluding steroid dienone is 2. The largest absolute Gasteiger partial charge is 0.457 e. The van der Waals surface area contributed by atoms with Crippen LogP contribution in [0.15, 0.2) is 163 Å². The highest BCUT2D eigenvalue weighted by atomic mass is 16.5. The van der Waals surface area contributed by atoms with Gasteiger partial charge in [0.2, 0.25) is 0 Å². The molecule has 0 amide bonds. The monoisotopic (exact) mass is 997 g/mol. The standard InChI is InChI=1S/C70H84N4O/c1-64(2,3)50-36-51(65(4,5)6)38-53(37-50)72-45-73(63(68(13,14)15)62(72)67(10,11)12)54-39-52(66(7,8)9)40-56(43-54)75-55-31-32-57-58-41-48(69(16,17)46-26-22-20-23-27-46)30-33-59(58)74(60(57)44-55)61-42-49(34-35-71-61)70(18,19)47-28-24-21-25-29-47/h20-44H,45H2,1-19H3. The number of pyridine rings is 1. The first-order valence-corrected chi connectivity index (χ1v) is 27.3. The van der Waals surface area contributed by atoms with Crippen LogP contribution in [0.3, 0.4) is 0 Å². The van der Waals surface area contributed by atoms with E-state index in [9.17, 15) is 0 Å². The smallest absolute Gasteiger partial charge is 0.137 e. The first kappa shape index (κ1) is 53.2. The van der Waals surface area contributed by atoms with Crippen molar-refractivity contribution < 1.29 is 4.74 Å². The Morgan fingerprint density at radius 3 is 1.33 bits per heavy atom. The van der Waals surface area contributed by atoms with Gasteiger partial charge in [0.1, 0.15) is 17.3 Å². The lowest BCUT2D eigenvalue weighted by Gasteiger charge is -2.35. The molecule has 0 saturated carbocycles. The van der Waals surface area contributed by atoms with Gasteiger partial charge in [0.25, 0.3) is 0 Å². The van der Waals surface area contributed by atoms with Gasteiger partial charge in [0.05, 0.1) is 17.7 Å². The third-order valence-corrected chi connectivity index (χ3v) is 15.9. The van der Waals surface area contributed by atoms with Crippen LogP contribution in [-0.4, -0.2) is 16.2 Å². The van der Waals surface area contributed by atoms with Crippen molar-refractivity contribution in [1.29, 1.82) is 0 Å². The molecule has 0 saturated heterocycles. The lowest BCUT2D eigenvalue weighted by molar-refractivity contribution is 0.444. The van der Waals surface area contributed by atoms with Crippen molar-refractivity contribution >= 4 is 33.2 Å². The molecule has 0 N–H and O–H groups in total. The quantitative estimate of drug-likeness (QED) is 0.144. The molecule has 8 aromatic rings. The Kier molecular flexibility index (Phi) is 13.2. The number of hydrogen-bond acceptors (Lipinski definition) is 4. The lowest BCUT2D eigenvalue weighted by Crippen LogP contribution is -2.32. The van der Waals surface area contributed by atoms with Crippen molar-refractivity contribution in [3.8, 4) is 17.3 Å². The van der Waals surface area contributed by atoms with Crippen LogP contribution >= 0.6 is 0 Å². The van der Waals surface area contributed by atoms with E-state index in [1.54, 1.807) is 0 Å². The zero-order chi connectivity index (χ0) is 54.4. The molecule has 0 unspecified atom stereocenters. The number of ether oxygens (including phenoxy) is 1. The molecule has 75 heavy (non-hydrogen) atoms. The summed E-state index contributed by atoms with van der Waals surface area (Å²) in [5.41, 5.74) is 15.1. The van der Waals surface area contributed by atoms with Crippen molar-refractivity contribution in [3.05, 3.63) is 202 Å². The SMILES string of the molecule is CC(C)(C)C1=C(C(C)(C)C)N(c2cc(C(C)(C)C)cc(C(C)(C)C)c2)CN1c1cc(Oc2ccc3c4cc(C(C)(C)c5ccccc5)ccc4n(-c4cc(C(C)(C)c5ccccc5)ccn4)c3c2)cc(C(C)(C)C)c1. The van der Waals surface area contributed by atoms with Crippen molar-refractivity contribution in [2.24, 2.45) is 10.8 Å². The fourth-order valence-electron chi connectivity index (χ4n) is 11.2. The van der Waals surface area contributed by atoms with Gasteiger partial charge in [0.15, 0.2) is 0 Å². The highest BCUT2D eigenvalue weighted by Gasteiger charge is 2.43. The molecule has 390 valence electrons. The van der Waals surface area contributed by atoms with Gasteiger partial charge in [-0.15, -0.1) is 0 Å². The van der Waals surface area contributed by atoms with Crippen LogP contribution in [0, 0.1) is 10.8 Å². The lowest BCUT2D eigenvalue weighted by atomic mass is 9.78. The fraction of sp³-hybridized carbons (Fsp3) is 0.386. The highest BCUT2D eigenvalue weighted by Crippen LogP contribution is 2.50. The van der Waals surface area contributed by atoms with Gasteiger partial charge in [-0.1, -0.05) is 204 Å². The first-order chi connectivity index (χ1) is 34.8. The maximum atomic E-state index is 7.22. The Hall–Kier alpha value is -6.59. The Labute approximate surface area is 450 Å². The molecule has 0 atom stereocenters. The molecule has 1 aliphatic rings. The van der Waals surface area contributed by atoms with Gasteiger partial charge in [0, 0.05) is 73.5 Å². The Bertz CT molecular complexity index is 3410. The molecule has 0 fully saturated rings. The van der Waals surface area contributed by atoms with E-state index in [4.69, 9.17) is 9.72 Å². The van der Waals surface area contributed by atoms with Gasteiger partial charge in [-0.05, 0) is 116 Å². The predicted octanol–water partition coefficient (Wildman–Crippen LogP) is 19.1. The number of benzene rings is 6. The minimum Gasteiger partial charge on any atom is -0.457 e. The second kappa shape index (κ2) is 18.6. The molecular formula is C70H84N4O. The van der Waals surface area contributed by atoms with E-state index in [-0.39, 0.29) is 37.9 Å². The van der Waals surface area contributed by atoms with Crippen LogP contribution in [0.4, 0.5) is 11.4 Å². The molecule has 5 heteroatoms. The van der Waals surface area contributed by atoms with Crippen LogP contribution in [-0.2, 0) is 27.1 Å². The average molecular weight is 997 g/mol. The third kappa shape index (κ3) is 10.3. The summed E-state index contributed by atoms with van der Waals surface area (Å²) in [6.07, 6.45) is 1.97. The minimum absolute atomic E-state index is 0.0133. The Morgan fingerprint density at radius 1 is 0.360 bits per heavy atom. The molecule has 1 aliphatic heterocycles. The van der Waals surface area contributed by atoms with Crippen LogP contribution in [0.1, 0.15) is 170 Å². The molecule has 0 bridgehead atoms. The summed E-state index contributed by atoms with van der Waals surface area (Å²) < 4.78 is 9.56. The summed E-state index contributed by atoms with van der Waals surface area (Å²) >= 11 is 0. The molecule has 0 spiro atoms. The number of nitrogens with zero attached hydrogens (tertiary/aromatic N) is 4. The molecule has 0 radical (unpaired) electrons. The van der Waals surface area contributed by atoms with E-state index in [1.807, 2.05) is 6.20 Å². The van der Waals surface area contributed by atoms with Crippen molar-refractivity contribution in [2.45, 2.75) is 159 Å². The van der Waals surface area contributed by atoms with Crippen molar-refractivity contribution in [3.63, 3.8) is 0 Å². The number of aromatic nitrogens is 2. The second-order valence-electron chi connectivity index (χ2n) is 27.7. The van der Waals surface area contributed by atoms with Gasteiger partial charge in [-0.3, -0.25) is 4.57 Å². The van der Waals surface area contributed by atoms with E-state index in [1.165, 1.54) is 61.4 Å². The molecule has 0 aliphatic carbocycles. The number of anilines is 2. The number of rotatable bonds is 9. The summed E-state index contributed by atoms with van der Waals surface area (Å²) in [5, 5.41) is 2.33. The van der Waals surface area contributed by atoms with Crippen LogP contribution in [0.2, 0.25) is 0 Å². The number of fused-ring (bicyclic) bond motifs is 3. The predicted molar refractivity (Wildman–Crippen MR) is 321 cm³/mol. The summed E-state index contributed by atoms with van der Waals surface area (Å²) in [4.78, 5) is 10.3. The van der Waals surface area contributed by atoms with E-state index in [0.29, 0.717) is 6.67 Å². The topological polar surface area (TPSA) is 33.5 Å². The molecule has 5 nitrogen and oxygen atoms in total. The summed E-state index contributed by atoms with van der Waals surface area (Å²) in [5.74, 6) is 2.45. The third-order valence-electron chi connectivity index (χ3n) is 15.9. The zero-order valence-electron chi connectivity index (χ0n) is 48.8. The normalized spacial score (nSPS) is 14.4.